The van der Waals surface area contributed by atoms with Crippen LogP contribution in [-0.4, -0.2) is 23.7 Å². The first-order chi connectivity index (χ1) is 9.61. The summed E-state index contributed by atoms with van der Waals surface area (Å²) >= 11 is 5.83. The van der Waals surface area contributed by atoms with E-state index in [9.17, 15) is 9.59 Å². The third-order valence-electron chi connectivity index (χ3n) is 3.67. The van der Waals surface area contributed by atoms with Gasteiger partial charge in [0.05, 0.1) is 5.56 Å². The number of carboxylic acid groups (broad SMARTS) is 1. The quantitative estimate of drug-likeness (QED) is 0.773. The number of carboxylic acids is 1. The summed E-state index contributed by atoms with van der Waals surface area (Å²) in [6.45, 7) is 8.84. The van der Waals surface area contributed by atoms with E-state index in [1.54, 1.807) is 0 Å². The molecule has 0 spiro atoms. The van der Waals surface area contributed by atoms with Crippen molar-refractivity contribution < 1.29 is 14.7 Å². The maximum atomic E-state index is 11.9. The molecule has 0 saturated carbocycles. The molecule has 0 bridgehead atoms. The number of aromatic carboxylic acids is 1. The number of nitrogens with one attached hydrogen (secondary N) is 2. The van der Waals surface area contributed by atoms with Crippen LogP contribution in [0.4, 0.5) is 10.5 Å². The van der Waals surface area contributed by atoms with E-state index in [-0.39, 0.29) is 22.0 Å². The number of urea groups is 1. The van der Waals surface area contributed by atoms with Gasteiger partial charge in [-0.25, -0.2) is 9.59 Å². The van der Waals surface area contributed by atoms with Gasteiger partial charge in [0, 0.05) is 17.3 Å². The zero-order valence-electron chi connectivity index (χ0n) is 12.7. The SMILES string of the molecule is CC(C)C(C)(C)CNC(=O)Nc1cc(Cl)cc(C(=O)O)c1. The van der Waals surface area contributed by atoms with E-state index in [1.807, 2.05) is 0 Å². The van der Waals surface area contributed by atoms with Gasteiger partial charge in [0.2, 0.25) is 0 Å². The van der Waals surface area contributed by atoms with Gasteiger partial charge in [0.15, 0.2) is 0 Å². The molecule has 1 rings (SSSR count). The average Bonchev–Trinajstić information content (AvgIpc) is 2.35. The van der Waals surface area contributed by atoms with Gasteiger partial charge in [0.25, 0.3) is 0 Å². The van der Waals surface area contributed by atoms with Crippen molar-refractivity contribution in [2.75, 3.05) is 11.9 Å². The third-order valence-corrected chi connectivity index (χ3v) is 3.89. The van der Waals surface area contributed by atoms with Gasteiger partial charge in [0.1, 0.15) is 0 Å². The molecule has 0 aliphatic rings. The first-order valence-electron chi connectivity index (χ1n) is 6.70. The zero-order valence-corrected chi connectivity index (χ0v) is 13.4. The molecule has 1 aromatic rings. The van der Waals surface area contributed by atoms with Gasteiger partial charge in [-0.1, -0.05) is 39.3 Å². The van der Waals surface area contributed by atoms with Crippen molar-refractivity contribution in [3.05, 3.63) is 28.8 Å². The molecule has 0 heterocycles. The van der Waals surface area contributed by atoms with E-state index in [4.69, 9.17) is 16.7 Å². The molecule has 0 aliphatic heterocycles. The second-order valence-corrected chi connectivity index (χ2v) is 6.42. The summed E-state index contributed by atoms with van der Waals surface area (Å²) in [5.41, 5.74) is 0.345. The van der Waals surface area contributed by atoms with Gasteiger partial charge < -0.3 is 15.7 Å². The number of anilines is 1. The molecule has 0 atom stereocenters. The Balaban J connectivity index is 2.69. The molecule has 0 radical (unpaired) electrons. The Kier molecular flexibility index (Phi) is 5.61. The number of carbonyl (C=O) groups excluding carboxylic acids is 1. The Morgan fingerprint density at radius 2 is 1.90 bits per heavy atom. The Morgan fingerprint density at radius 3 is 2.43 bits per heavy atom. The van der Waals surface area contributed by atoms with Gasteiger partial charge in [-0.05, 0) is 29.5 Å². The Bertz CT molecular complexity index is 542. The fourth-order valence-corrected chi connectivity index (χ4v) is 1.71. The van der Waals surface area contributed by atoms with Crippen molar-refractivity contribution in [2.24, 2.45) is 11.3 Å². The second-order valence-electron chi connectivity index (χ2n) is 5.98. The van der Waals surface area contributed by atoms with Crippen LogP contribution in [0, 0.1) is 11.3 Å². The fourth-order valence-electron chi connectivity index (χ4n) is 1.47. The molecule has 116 valence electrons. The maximum Gasteiger partial charge on any atom is 0.335 e. The Morgan fingerprint density at radius 1 is 1.29 bits per heavy atom. The summed E-state index contributed by atoms with van der Waals surface area (Å²) in [5.74, 6) is -0.676. The maximum absolute atomic E-state index is 11.9. The largest absolute Gasteiger partial charge is 0.478 e. The molecule has 0 aliphatic carbocycles. The highest BCUT2D eigenvalue weighted by molar-refractivity contribution is 6.31. The van der Waals surface area contributed by atoms with Crippen LogP contribution in [0.1, 0.15) is 38.1 Å². The summed E-state index contributed by atoms with van der Waals surface area (Å²) in [5, 5.41) is 14.6. The molecule has 0 fully saturated rings. The van der Waals surface area contributed by atoms with E-state index in [2.05, 4.69) is 38.3 Å². The summed E-state index contributed by atoms with van der Waals surface area (Å²) in [6.07, 6.45) is 0. The van der Waals surface area contributed by atoms with Crippen LogP contribution in [0.3, 0.4) is 0 Å². The van der Waals surface area contributed by atoms with Crippen LogP contribution in [0.25, 0.3) is 0 Å². The van der Waals surface area contributed by atoms with Crippen molar-refractivity contribution in [2.45, 2.75) is 27.7 Å². The molecule has 2 amide bonds. The van der Waals surface area contributed by atoms with Crippen molar-refractivity contribution in [3.8, 4) is 0 Å². The number of halogens is 1. The predicted molar refractivity (Wildman–Crippen MR) is 84.1 cm³/mol. The van der Waals surface area contributed by atoms with Crippen LogP contribution < -0.4 is 10.6 Å². The minimum atomic E-state index is -1.10. The van der Waals surface area contributed by atoms with Crippen molar-refractivity contribution in [3.63, 3.8) is 0 Å². The highest BCUT2D eigenvalue weighted by Gasteiger charge is 2.22. The molecular formula is C15H21ClN2O3. The van der Waals surface area contributed by atoms with Crippen LogP contribution in [0.15, 0.2) is 18.2 Å². The normalized spacial score (nSPS) is 11.3. The highest BCUT2D eigenvalue weighted by atomic mass is 35.5. The minimum absolute atomic E-state index is 0.0281. The van der Waals surface area contributed by atoms with Gasteiger partial charge in [-0.15, -0.1) is 0 Å². The number of amides is 2. The number of carbonyl (C=O) groups is 2. The first-order valence-corrected chi connectivity index (χ1v) is 7.08. The van der Waals surface area contributed by atoms with Gasteiger partial charge in [-0.3, -0.25) is 0 Å². The van der Waals surface area contributed by atoms with Crippen LogP contribution in [0.2, 0.25) is 5.02 Å². The standard InChI is InChI=1S/C15H21ClN2O3/c1-9(2)15(3,4)8-17-14(21)18-12-6-10(13(19)20)5-11(16)7-12/h5-7,9H,8H2,1-4H3,(H,19,20)(H2,17,18,21). The Labute approximate surface area is 129 Å². The summed E-state index contributed by atoms with van der Waals surface area (Å²) in [7, 11) is 0. The minimum Gasteiger partial charge on any atom is -0.478 e. The number of rotatable bonds is 5. The van der Waals surface area contributed by atoms with Crippen molar-refractivity contribution in [1.82, 2.24) is 5.32 Å². The lowest BCUT2D eigenvalue weighted by atomic mass is 9.81. The number of hydrogen-bond acceptors (Lipinski definition) is 2. The van der Waals surface area contributed by atoms with Crippen LogP contribution >= 0.6 is 11.6 Å². The van der Waals surface area contributed by atoms with Crippen LogP contribution in [-0.2, 0) is 0 Å². The molecule has 0 aromatic heterocycles. The first kappa shape index (κ1) is 17.3. The average molecular weight is 313 g/mol. The van der Waals surface area contributed by atoms with E-state index in [0.29, 0.717) is 18.2 Å². The molecule has 3 N–H and O–H groups in total. The van der Waals surface area contributed by atoms with E-state index in [1.165, 1.54) is 18.2 Å². The second kappa shape index (κ2) is 6.80. The molecule has 0 unspecified atom stereocenters. The van der Waals surface area contributed by atoms with E-state index < -0.39 is 5.97 Å². The van der Waals surface area contributed by atoms with Crippen molar-refractivity contribution in [1.29, 1.82) is 0 Å². The van der Waals surface area contributed by atoms with Crippen molar-refractivity contribution >= 4 is 29.3 Å². The molecule has 0 saturated heterocycles. The topological polar surface area (TPSA) is 78.4 Å². The lowest BCUT2D eigenvalue weighted by Gasteiger charge is -2.29. The predicted octanol–water partition coefficient (Wildman–Crippen LogP) is 3.84. The van der Waals surface area contributed by atoms with Gasteiger partial charge >= 0.3 is 12.0 Å². The smallest absolute Gasteiger partial charge is 0.335 e. The summed E-state index contributed by atoms with van der Waals surface area (Å²) in [6, 6.07) is 3.81. The summed E-state index contributed by atoms with van der Waals surface area (Å²) in [4.78, 5) is 22.8. The number of hydrogen-bond donors (Lipinski definition) is 3. The molecular weight excluding hydrogens is 292 g/mol. The Hall–Kier alpha value is -1.75. The van der Waals surface area contributed by atoms with Crippen LogP contribution in [0.5, 0.6) is 0 Å². The lowest BCUT2D eigenvalue weighted by Crippen LogP contribution is -2.39. The monoisotopic (exact) mass is 312 g/mol. The summed E-state index contributed by atoms with van der Waals surface area (Å²) < 4.78 is 0. The third kappa shape index (κ3) is 5.27. The molecule has 21 heavy (non-hydrogen) atoms. The fraction of sp³-hybridized carbons (Fsp3) is 0.467. The lowest BCUT2D eigenvalue weighted by molar-refractivity contribution is 0.0697. The molecule has 1 aromatic carbocycles. The zero-order chi connectivity index (χ0) is 16.2. The highest BCUT2D eigenvalue weighted by Crippen LogP contribution is 2.24. The van der Waals surface area contributed by atoms with E-state index >= 15 is 0 Å². The van der Waals surface area contributed by atoms with Gasteiger partial charge in [-0.2, -0.15) is 0 Å². The molecule has 5 nitrogen and oxygen atoms in total. The molecule has 6 heteroatoms. The number of benzene rings is 1. The van der Waals surface area contributed by atoms with E-state index in [0.717, 1.165) is 0 Å².